The van der Waals surface area contributed by atoms with Gasteiger partial charge in [-0.05, 0) is 58.7 Å². The Morgan fingerprint density at radius 2 is 2.05 bits per heavy atom. The molecule has 1 heterocycles. The minimum atomic E-state index is -1.48. The summed E-state index contributed by atoms with van der Waals surface area (Å²) in [7, 11) is 2.01. The Balaban J connectivity index is 2.86. The van der Waals surface area contributed by atoms with Gasteiger partial charge in [0.2, 0.25) is 3.61 Å². The molecule has 1 atom stereocenters. The normalized spacial score (nSPS) is 14.6. The Morgan fingerprint density at radius 1 is 1.42 bits per heavy atom. The number of benzene rings is 1. The zero-order valence-electron chi connectivity index (χ0n) is 11.5. The summed E-state index contributed by atoms with van der Waals surface area (Å²) < 4.78 is 0.604. The number of aryl methyl sites for hydroxylation is 2. The Hall–Kier alpha value is -1.06. The summed E-state index contributed by atoms with van der Waals surface area (Å²) >= 11 is 1.80. The van der Waals surface area contributed by atoms with Crippen molar-refractivity contribution in [2.45, 2.75) is 30.3 Å². The third kappa shape index (κ3) is 2.37. The van der Waals surface area contributed by atoms with Crippen molar-refractivity contribution < 1.29 is 5.11 Å². The van der Waals surface area contributed by atoms with Crippen molar-refractivity contribution in [1.29, 1.82) is 5.26 Å². The zero-order valence-corrected chi connectivity index (χ0v) is 13.7. The Kier molecular flexibility index (Phi) is 3.63. The molecule has 0 spiro atoms. The summed E-state index contributed by atoms with van der Waals surface area (Å²) in [4.78, 5) is 0. The predicted octanol–water partition coefficient (Wildman–Crippen LogP) is 3.71. The van der Waals surface area contributed by atoms with E-state index < -0.39 is 3.61 Å². The fraction of sp³-hybridized carbons (Fsp3) is 0.400. The summed E-state index contributed by atoms with van der Waals surface area (Å²) in [6.45, 7) is 6.19. The Bertz CT molecular complexity index is 677. The lowest BCUT2D eigenvalue weighted by atomic mass is 9.92. The molecule has 0 amide bonds. The highest BCUT2D eigenvalue weighted by atomic mass is 127. The van der Waals surface area contributed by atoms with Crippen LogP contribution in [0.5, 0.6) is 0 Å². The molecule has 19 heavy (non-hydrogen) atoms. The molecule has 0 aliphatic rings. The first kappa shape index (κ1) is 14.4. The van der Waals surface area contributed by atoms with Crippen LogP contribution in [0.3, 0.4) is 0 Å². The van der Waals surface area contributed by atoms with Crippen LogP contribution >= 0.6 is 22.6 Å². The van der Waals surface area contributed by atoms with Gasteiger partial charge in [-0.25, -0.2) is 0 Å². The minimum Gasteiger partial charge on any atom is -0.364 e. The van der Waals surface area contributed by atoms with Gasteiger partial charge in [0.1, 0.15) is 6.07 Å². The highest BCUT2D eigenvalue weighted by Crippen LogP contribution is 2.37. The molecule has 0 aliphatic carbocycles. The number of fused-ring (bicyclic) bond motifs is 1. The average molecular weight is 368 g/mol. The molecule has 2 aromatic rings. The van der Waals surface area contributed by atoms with Crippen LogP contribution < -0.4 is 0 Å². The highest BCUT2D eigenvalue weighted by Gasteiger charge is 2.29. The van der Waals surface area contributed by atoms with Gasteiger partial charge in [0, 0.05) is 29.7 Å². The third-order valence-electron chi connectivity index (χ3n) is 3.49. The van der Waals surface area contributed by atoms with Crippen LogP contribution in [0.15, 0.2) is 18.3 Å². The molecular weight excluding hydrogens is 351 g/mol. The lowest BCUT2D eigenvalue weighted by molar-refractivity contribution is 0.215. The second kappa shape index (κ2) is 4.80. The van der Waals surface area contributed by atoms with E-state index in [1.165, 1.54) is 0 Å². The first-order valence-electron chi connectivity index (χ1n) is 6.20. The van der Waals surface area contributed by atoms with Crippen molar-refractivity contribution in [2.75, 3.05) is 0 Å². The molecule has 1 aromatic carbocycles. The molecule has 100 valence electrons. The Labute approximate surface area is 127 Å². The first-order chi connectivity index (χ1) is 8.77. The van der Waals surface area contributed by atoms with Gasteiger partial charge in [-0.1, -0.05) is 13.8 Å². The average Bonchev–Trinajstić information content (AvgIpc) is 2.63. The van der Waals surface area contributed by atoms with Crippen LogP contribution in [0.1, 0.15) is 36.5 Å². The molecule has 0 fully saturated rings. The summed E-state index contributed by atoms with van der Waals surface area (Å²) in [5.74, 6) is 0.254. The molecule has 0 saturated heterocycles. The fourth-order valence-corrected chi connectivity index (χ4v) is 2.93. The maximum absolute atomic E-state index is 10.3. The minimum absolute atomic E-state index is 0.254. The predicted molar refractivity (Wildman–Crippen MR) is 85.3 cm³/mol. The largest absolute Gasteiger partial charge is 0.364 e. The fourth-order valence-electron chi connectivity index (χ4n) is 2.47. The standard InChI is InChI=1S/C15H17IN2O/c1-9(2)11-6-14-12(10(3)7-18(14)4)5-13(11)15(16,19)8-17/h5-7,9,19H,1-4H3. The van der Waals surface area contributed by atoms with Crippen molar-refractivity contribution in [1.82, 2.24) is 4.57 Å². The van der Waals surface area contributed by atoms with Crippen LogP contribution in [0.2, 0.25) is 0 Å². The summed E-state index contributed by atoms with van der Waals surface area (Å²) in [5, 5.41) is 20.6. The number of halogens is 1. The molecule has 2 rings (SSSR count). The summed E-state index contributed by atoms with van der Waals surface area (Å²) in [5.41, 5.74) is 4.01. The van der Waals surface area contributed by atoms with E-state index >= 15 is 0 Å². The van der Waals surface area contributed by atoms with Gasteiger partial charge in [-0.2, -0.15) is 5.26 Å². The summed E-state index contributed by atoms with van der Waals surface area (Å²) in [6.07, 6.45) is 2.07. The maximum Gasteiger partial charge on any atom is 0.228 e. The monoisotopic (exact) mass is 368 g/mol. The van der Waals surface area contributed by atoms with Crippen molar-refractivity contribution in [3.05, 3.63) is 35.0 Å². The SMILES string of the molecule is Cc1cn(C)c2cc(C(C)C)c(C(O)(I)C#N)cc12. The Morgan fingerprint density at radius 3 is 2.58 bits per heavy atom. The number of nitrogens with zero attached hydrogens (tertiary/aromatic N) is 2. The van der Waals surface area contributed by atoms with Gasteiger partial charge in [0.05, 0.1) is 0 Å². The molecule has 4 heteroatoms. The molecule has 1 aromatic heterocycles. The molecule has 0 bridgehead atoms. The van der Waals surface area contributed by atoms with Gasteiger partial charge >= 0.3 is 0 Å². The molecule has 1 N–H and O–H groups in total. The van der Waals surface area contributed by atoms with Gasteiger partial charge in [0.25, 0.3) is 0 Å². The van der Waals surface area contributed by atoms with Crippen LogP contribution in [0.25, 0.3) is 10.9 Å². The third-order valence-corrected chi connectivity index (χ3v) is 4.31. The number of hydrogen-bond acceptors (Lipinski definition) is 2. The number of aliphatic hydroxyl groups is 1. The topological polar surface area (TPSA) is 49.0 Å². The number of hydrogen-bond donors (Lipinski definition) is 1. The smallest absolute Gasteiger partial charge is 0.228 e. The van der Waals surface area contributed by atoms with Crippen molar-refractivity contribution >= 4 is 33.5 Å². The van der Waals surface area contributed by atoms with E-state index in [-0.39, 0.29) is 5.92 Å². The molecule has 3 nitrogen and oxygen atoms in total. The maximum atomic E-state index is 10.3. The van der Waals surface area contributed by atoms with E-state index in [0.29, 0.717) is 5.56 Å². The van der Waals surface area contributed by atoms with Crippen LogP contribution in [0, 0.1) is 18.3 Å². The number of alkyl halides is 1. The lowest BCUT2D eigenvalue weighted by Crippen LogP contribution is -2.17. The van der Waals surface area contributed by atoms with E-state index in [4.69, 9.17) is 0 Å². The molecule has 0 radical (unpaired) electrons. The van der Waals surface area contributed by atoms with Crippen LogP contribution in [-0.2, 0) is 10.7 Å². The van der Waals surface area contributed by atoms with Gasteiger partial charge < -0.3 is 9.67 Å². The number of rotatable bonds is 2. The second-order valence-electron chi connectivity index (χ2n) is 5.27. The lowest BCUT2D eigenvalue weighted by Gasteiger charge is -2.20. The van der Waals surface area contributed by atoms with E-state index in [2.05, 4.69) is 30.7 Å². The van der Waals surface area contributed by atoms with Gasteiger partial charge in [-0.15, -0.1) is 0 Å². The van der Waals surface area contributed by atoms with Crippen molar-refractivity contribution in [3.63, 3.8) is 0 Å². The highest BCUT2D eigenvalue weighted by molar-refractivity contribution is 14.1. The first-order valence-corrected chi connectivity index (χ1v) is 7.28. The molecular formula is C15H17IN2O. The van der Waals surface area contributed by atoms with Crippen LogP contribution in [0.4, 0.5) is 0 Å². The van der Waals surface area contributed by atoms with E-state index in [1.54, 1.807) is 22.6 Å². The zero-order chi connectivity index (χ0) is 14.4. The number of aromatic nitrogens is 1. The van der Waals surface area contributed by atoms with E-state index in [0.717, 1.165) is 22.0 Å². The van der Waals surface area contributed by atoms with E-state index in [1.807, 2.05) is 26.1 Å². The quantitative estimate of drug-likeness (QED) is 0.499. The van der Waals surface area contributed by atoms with E-state index in [9.17, 15) is 10.4 Å². The molecule has 1 unspecified atom stereocenters. The summed E-state index contributed by atoms with van der Waals surface area (Å²) in [6, 6.07) is 6.02. The molecule has 0 saturated carbocycles. The van der Waals surface area contributed by atoms with Crippen molar-refractivity contribution in [3.8, 4) is 6.07 Å². The number of nitriles is 1. The van der Waals surface area contributed by atoms with Crippen molar-refractivity contribution in [2.24, 2.45) is 7.05 Å². The molecule has 0 aliphatic heterocycles. The van der Waals surface area contributed by atoms with Gasteiger partial charge in [0.15, 0.2) is 0 Å². The van der Waals surface area contributed by atoms with Crippen LogP contribution in [-0.4, -0.2) is 9.67 Å². The van der Waals surface area contributed by atoms with Gasteiger partial charge in [-0.3, -0.25) is 0 Å². The second-order valence-corrected chi connectivity index (χ2v) is 6.83.